The lowest BCUT2D eigenvalue weighted by Gasteiger charge is -2.21. The van der Waals surface area contributed by atoms with E-state index in [1.165, 1.54) is 20.0 Å². The Morgan fingerprint density at radius 2 is 1.92 bits per heavy atom. The molecule has 2 rings (SSSR count). The van der Waals surface area contributed by atoms with Crippen molar-refractivity contribution in [3.63, 3.8) is 0 Å². The van der Waals surface area contributed by atoms with Crippen LogP contribution in [0.4, 0.5) is 8.78 Å². The second-order valence-corrected chi connectivity index (χ2v) is 5.75. The van der Waals surface area contributed by atoms with E-state index >= 15 is 0 Å². The van der Waals surface area contributed by atoms with Gasteiger partial charge in [-0.2, -0.15) is 8.78 Å². The molecule has 1 aliphatic heterocycles. The molecule has 1 aromatic rings. The smallest absolute Gasteiger partial charge is 0.387 e. The number of hydrogen-bond donors (Lipinski definition) is 1. The van der Waals surface area contributed by atoms with E-state index in [4.69, 9.17) is 10.5 Å². The Morgan fingerprint density at radius 1 is 1.21 bits per heavy atom. The van der Waals surface area contributed by atoms with Crippen LogP contribution in [-0.2, 0) is 6.42 Å². The molecule has 0 aromatic heterocycles. The van der Waals surface area contributed by atoms with E-state index in [9.17, 15) is 8.78 Å². The van der Waals surface area contributed by atoms with E-state index in [0.29, 0.717) is 18.9 Å². The Labute approximate surface area is 141 Å². The van der Waals surface area contributed by atoms with Crippen LogP contribution in [0.25, 0.3) is 0 Å². The molecule has 1 aliphatic rings. The van der Waals surface area contributed by atoms with E-state index in [1.54, 1.807) is 12.1 Å². The molecule has 0 aliphatic carbocycles. The Morgan fingerprint density at radius 3 is 2.54 bits per heavy atom. The van der Waals surface area contributed by atoms with Crippen LogP contribution in [0.15, 0.2) is 23.2 Å². The van der Waals surface area contributed by atoms with Crippen LogP contribution >= 0.6 is 0 Å². The monoisotopic (exact) mass is 341 g/mol. The molecule has 7 heteroatoms. The van der Waals surface area contributed by atoms with Gasteiger partial charge in [0, 0.05) is 19.6 Å². The van der Waals surface area contributed by atoms with Crippen molar-refractivity contribution in [2.75, 3.05) is 26.7 Å². The summed E-state index contributed by atoms with van der Waals surface area (Å²) in [7, 11) is 1.42. The first-order valence-corrected chi connectivity index (χ1v) is 8.26. The van der Waals surface area contributed by atoms with Crippen molar-refractivity contribution < 1.29 is 18.3 Å². The average molecular weight is 341 g/mol. The summed E-state index contributed by atoms with van der Waals surface area (Å²) in [5, 5.41) is 0. The highest BCUT2D eigenvalue weighted by Gasteiger charge is 2.12. The van der Waals surface area contributed by atoms with Crippen LogP contribution in [0, 0.1) is 0 Å². The Hall–Kier alpha value is -2.05. The number of aliphatic imine (C=N–C) groups is 1. The maximum Gasteiger partial charge on any atom is 0.387 e. The third-order valence-corrected chi connectivity index (χ3v) is 4.05. The number of nitrogens with two attached hydrogens (primary N) is 1. The first-order chi connectivity index (χ1) is 11.6. The standard InChI is InChI=1S/C17H25F2N3O2/c1-23-14-7-6-13(12-15(14)24-16(18)19)8-9-21-17(20)22-10-4-2-3-5-11-22/h6-7,12,16H,2-5,8-11H2,1H3,(H2,20,21). The summed E-state index contributed by atoms with van der Waals surface area (Å²) in [6, 6.07) is 4.99. The third kappa shape index (κ3) is 5.54. The summed E-state index contributed by atoms with van der Waals surface area (Å²) in [5.41, 5.74) is 6.90. The van der Waals surface area contributed by atoms with Crippen LogP contribution in [0.2, 0.25) is 0 Å². The number of ether oxygens (including phenoxy) is 2. The number of hydrogen-bond acceptors (Lipinski definition) is 3. The van der Waals surface area contributed by atoms with Crippen molar-refractivity contribution in [1.82, 2.24) is 4.90 Å². The molecule has 1 aromatic carbocycles. The number of halogens is 2. The number of likely N-dealkylation sites (tertiary alicyclic amines) is 1. The first kappa shape index (κ1) is 18.3. The van der Waals surface area contributed by atoms with Gasteiger partial charge in [0.05, 0.1) is 7.11 Å². The SMILES string of the molecule is COc1ccc(CCN=C(N)N2CCCCCC2)cc1OC(F)F. The van der Waals surface area contributed by atoms with Crippen molar-refractivity contribution in [2.45, 2.75) is 38.7 Å². The second-order valence-electron chi connectivity index (χ2n) is 5.75. The zero-order chi connectivity index (χ0) is 17.4. The van der Waals surface area contributed by atoms with Crippen molar-refractivity contribution in [3.05, 3.63) is 23.8 Å². The summed E-state index contributed by atoms with van der Waals surface area (Å²) in [6.07, 6.45) is 5.36. The molecule has 0 bridgehead atoms. The van der Waals surface area contributed by atoms with Gasteiger partial charge in [-0.1, -0.05) is 18.9 Å². The van der Waals surface area contributed by atoms with Crippen LogP contribution in [0.3, 0.4) is 0 Å². The van der Waals surface area contributed by atoms with Crippen molar-refractivity contribution >= 4 is 5.96 Å². The number of methoxy groups -OCH3 is 1. The van der Waals surface area contributed by atoms with Crippen LogP contribution in [0.1, 0.15) is 31.2 Å². The largest absolute Gasteiger partial charge is 0.493 e. The highest BCUT2D eigenvalue weighted by Crippen LogP contribution is 2.29. The zero-order valence-electron chi connectivity index (χ0n) is 14.0. The van der Waals surface area contributed by atoms with Crippen molar-refractivity contribution in [2.24, 2.45) is 10.7 Å². The van der Waals surface area contributed by atoms with Crippen molar-refractivity contribution in [3.8, 4) is 11.5 Å². The Kier molecular flexibility index (Phi) is 7.08. The fraction of sp³-hybridized carbons (Fsp3) is 0.588. The molecule has 0 spiro atoms. The molecule has 1 fully saturated rings. The molecule has 0 saturated carbocycles. The Balaban J connectivity index is 1.94. The number of benzene rings is 1. The molecule has 2 N–H and O–H groups in total. The maximum absolute atomic E-state index is 12.4. The zero-order valence-corrected chi connectivity index (χ0v) is 14.0. The molecule has 24 heavy (non-hydrogen) atoms. The normalized spacial score (nSPS) is 16.2. The quantitative estimate of drug-likeness (QED) is 0.638. The van der Waals surface area contributed by atoms with Gasteiger partial charge in [0.25, 0.3) is 0 Å². The molecule has 1 heterocycles. The van der Waals surface area contributed by atoms with Gasteiger partial charge in [0.2, 0.25) is 0 Å². The minimum Gasteiger partial charge on any atom is -0.493 e. The molecular weight excluding hydrogens is 316 g/mol. The number of rotatable bonds is 6. The molecule has 0 radical (unpaired) electrons. The average Bonchev–Trinajstić information content (AvgIpc) is 2.84. The van der Waals surface area contributed by atoms with Crippen LogP contribution < -0.4 is 15.2 Å². The molecule has 134 valence electrons. The summed E-state index contributed by atoms with van der Waals surface area (Å²) >= 11 is 0. The highest BCUT2D eigenvalue weighted by atomic mass is 19.3. The fourth-order valence-corrected chi connectivity index (χ4v) is 2.76. The summed E-state index contributed by atoms with van der Waals surface area (Å²) < 4.78 is 34.4. The lowest BCUT2D eigenvalue weighted by Crippen LogP contribution is -2.38. The van der Waals surface area contributed by atoms with E-state index in [0.717, 1.165) is 31.5 Å². The number of nitrogens with zero attached hydrogens (tertiary/aromatic N) is 2. The van der Waals surface area contributed by atoms with Crippen LogP contribution in [0.5, 0.6) is 11.5 Å². The summed E-state index contributed by atoms with van der Waals surface area (Å²) in [5.74, 6) is 0.885. The van der Waals surface area contributed by atoms with Crippen molar-refractivity contribution in [1.29, 1.82) is 0 Å². The summed E-state index contributed by atoms with van der Waals surface area (Å²) in [4.78, 5) is 6.54. The maximum atomic E-state index is 12.4. The predicted octanol–water partition coefficient (Wildman–Crippen LogP) is 3.03. The topological polar surface area (TPSA) is 60.1 Å². The van der Waals surface area contributed by atoms with Gasteiger partial charge in [-0.15, -0.1) is 0 Å². The van der Waals surface area contributed by atoms with Crippen LogP contribution in [-0.4, -0.2) is 44.2 Å². The minimum atomic E-state index is -2.88. The van der Waals surface area contributed by atoms with Gasteiger partial charge in [-0.25, -0.2) is 0 Å². The highest BCUT2D eigenvalue weighted by molar-refractivity contribution is 5.78. The third-order valence-electron chi connectivity index (χ3n) is 4.05. The molecule has 0 atom stereocenters. The molecule has 5 nitrogen and oxygen atoms in total. The van der Waals surface area contributed by atoms with E-state index in [-0.39, 0.29) is 11.5 Å². The van der Waals surface area contributed by atoms with E-state index in [2.05, 4.69) is 14.6 Å². The van der Waals surface area contributed by atoms with Gasteiger partial charge in [-0.3, -0.25) is 4.99 Å². The van der Waals surface area contributed by atoms with Gasteiger partial charge >= 0.3 is 6.61 Å². The molecular formula is C17H25F2N3O2. The van der Waals surface area contributed by atoms with E-state index in [1.807, 2.05) is 6.07 Å². The second kappa shape index (κ2) is 9.30. The molecule has 0 amide bonds. The van der Waals surface area contributed by atoms with Gasteiger partial charge in [-0.05, 0) is 37.0 Å². The lowest BCUT2D eigenvalue weighted by molar-refractivity contribution is -0.0512. The minimum absolute atomic E-state index is 0.0365. The fourth-order valence-electron chi connectivity index (χ4n) is 2.76. The molecule has 0 unspecified atom stereocenters. The van der Waals surface area contributed by atoms with Gasteiger partial charge < -0.3 is 20.1 Å². The number of guanidine groups is 1. The summed E-state index contributed by atoms with van der Waals surface area (Å²) in [6.45, 7) is -0.483. The Bertz CT molecular complexity index is 545. The predicted molar refractivity (Wildman–Crippen MR) is 89.9 cm³/mol. The van der Waals surface area contributed by atoms with Gasteiger partial charge in [0.15, 0.2) is 17.5 Å². The lowest BCUT2D eigenvalue weighted by atomic mass is 10.1. The van der Waals surface area contributed by atoms with Gasteiger partial charge in [0.1, 0.15) is 0 Å². The molecule has 1 saturated heterocycles. The number of alkyl halides is 2. The first-order valence-electron chi connectivity index (χ1n) is 8.26. The van der Waals surface area contributed by atoms with E-state index < -0.39 is 6.61 Å².